The highest BCUT2D eigenvalue weighted by Gasteiger charge is 2.37. The Bertz CT molecular complexity index is 483. The molecule has 1 aromatic rings. The maximum Gasteiger partial charge on any atom is 0.288 e. The van der Waals surface area contributed by atoms with Gasteiger partial charge in [-0.1, -0.05) is 38.4 Å². The lowest BCUT2D eigenvalue weighted by molar-refractivity contribution is -0.384. The van der Waals surface area contributed by atoms with Crippen molar-refractivity contribution in [2.24, 2.45) is 0 Å². The van der Waals surface area contributed by atoms with Gasteiger partial charge in [0.2, 0.25) is 0 Å². The van der Waals surface area contributed by atoms with E-state index in [0.717, 1.165) is 5.56 Å². The third kappa shape index (κ3) is 4.02. The largest absolute Gasteiger partial charge is 0.413 e. The van der Waals surface area contributed by atoms with Gasteiger partial charge in [-0.3, -0.25) is 10.1 Å². The fourth-order valence-corrected chi connectivity index (χ4v) is 2.42. The fourth-order valence-electron chi connectivity index (χ4n) is 1.27. The average Bonchev–Trinajstić information content (AvgIpc) is 2.26. The Labute approximate surface area is 120 Å². The molecule has 19 heavy (non-hydrogen) atoms. The highest BCUT2D eigenvalue weighted by atomic mass is 35.5. The number of halogens is 1. The fraction of sp³-hybridized carbons (Fsp3) is 0.538. The predicted molar refractivity (Wildman–Crippen MR) is 80.1 cm³/mol. The smallest absolute Gasteiger partial charge is 0.288 e. The van der Waals surface area contributed by atoms with Crippen LogP contribution >= 0.6 is 11.6 Å². The summed E-state index contributed by atoms with van der Waals surface area (Å²) in [7, 11) is -1.85. The van der Waals surface area contributed by atoms with Gasteiger partial charge in [0.15, 0.2) is 8.32 Å². The van der Waals surface area contributed by atoms with E-state index in [2.05, 4.69) is 33.9 Å². The molecular weight excluding hydrogens is 282 g/mol. The first-order chi connectivity index (χ1) is 8.54. The van der Waals surface area contributed by atoms with Crippen molar-refractivity contribution in [1.29, 1.82) is 0 Å². The second-order valence-electron chi connectivity index (χ2n) is 6.09. The van der Waals surface area contributed by atoms with E-state index >= 15 is 0 Å². The quantitative estimate of drug-likeness (QED) is 0.457. The molecule has 0 unspecified atom stereocenters. The van der Waals surface area contributed by atoms with E-state index in [-0.39, 0.29) is 15.7 Å². The summed E-state index contributed by atoms with van der Waals surface area (Å²) in [5.74, 6) is 0. The van der Waals surface area contributed by atoms with E-state index in [1.165, 1.54) is 6.07 Å². The summed E-state index contributed by atoms with van der Waals surface area (Å²) in [6, 6.07) is 4.79. The van der Waals surface area contributed by atoms with Crippen LogP contribution in [0.15, 0.2) is 18.2 Å². The minimum Gasteiger partial charge on any atom is -0.413 e. The summed E-state index contributed by atoms with van der Waals surface area (Å²) in [6.07, 6.45) is 0. The van der Waals surface area contributed by atoms with Crippen LogP contribution < -0.4 is 0 Å². The number of nitrogens with zero attached hydrogens (tertiary/aromatic N) is 1. The van der Waals surface area contributed by atoms with Crippen LogP contribution in [0.3, 0.4) is 0 Å². The Morgan fingerprint density at radius 1 is 1.37 bits per heavy atom. The normalized spacial score (nSPS) is 12.5. The summed E-state index contributed by atoms with van der Waals surface area (Å²) in [5, 5.41) is 11.1. The Morgan fingerprint density at radius 2 is 1.95 bits per heavy atom. The van der Waals surface area contributed by atoms with Crippen molar-refractivity contribution in [1.82, 2.24) is 0 Å². The lowest BCUT2D eigenvalue weighted by Gasteiger charge is -2.36. The predicted octanol–water partition coefficient (Wildman–Crippen LogP) is 4.77. The molecule has 0 heterocycles. The number of rotatable bonds is 4. The van der Waals surface area contributed by atoms with E-state index in [1.54, 1.807) is 12.1 Å². The second kappa shape index (κ2) is 5.61. The third-order valence-corrected chi connectivity index (χ3v) is 8.41. The molecule has 4 nitrogen and oxygen atoms in total. The Morgan fingerprint density at radius 3 is 2.42 bits per heavy atom. The molecule has 0 aliphatic rings. The molecule has 0 saturated carbocycles. The first-order valence-electron chi connectivity index (χ1n) is 6.11. The van der Waals surface area contributed by atoms with Gasteiger partial charge in [-0.25, -0.2) is 0 Å². The van der Waals surface area contributed by atoms with Crippen molar-refractivity contribution in [2.75, 3.05) is 0 Å². The van der Waals surface area contributed by atoms with Crippen molar-refractivity contribution in [2.45, 2.75) is 45.5 Å². The molecule has 0 atom stereocenters. The second-order valence-corrected chi connectivity index (χ2v) is 11.3. The highest BCUT2D eigenvalue weighted by molar-refractivity contribution is 6.74. The molecule has 6 heteroatoms. The van der Waals surface area contributed by atoms with Crippen LogP contribution in [0.25, 0.3) is 0 Å². The summed E-state index contributed by atoms with van der Waals surface area (Å²) >= 11 is 5.78. The van der Waals surface area contributed by atoms with E-state index in [4.69, 9.17) is 16.0 Å². The zero-order valence-corrected chi connectivity index (χ0v) is 13.7. The molecule has 106 valence electrons. The van der Waals surface area contributed by atoms with Gasteiger partial charge in [-0.15, -0.1) is 0 Å². The van der Waals surface area contributed by atoms with Gasteiger partial charge in [-0.05, 0) is 29.8 Å². The van der Waals surface area contributed by atoms with Crippen molar-refractivity contribution in [3.63, 3.8) is 0 Å². The van der Waals surface area contributed by atoms with Crippen LogP contribution in [0.1, 0.15) is 26.3 Å². The molecule has 1 aromatic carbocycles. The first-order valence-corrected chi connectivity index (χ1v) is 9.40. The maximum atomic E-state index is 10.8. The van der Waals surface area contributed by atoms with E-state index in [0.29, 0.717) is 6.61 Å². The highest BCUT2D eigenvalue weighted by Crippen LogP contribution is 2.37. The van der Waals surface area contributed by atoms with Gasteiger partial charge >= 0.3 is 0 Å². The van der Waals surface area contributed by atoms with Gasteiger partial charge < -0.3 is 4.43 Å². The maximum absolute atomic E-state index is 10.8. The van der Waals surface area contributed by atoms with Gasteiger partial charge in [0.1, 0.15) is 5.02 Å². The van der Waals surface area contributed by atoms with Gasteiger partial charge in [0.05, 0.1) is 11.5 Å². The van der Waals surface area contributed by atoms with E-state index < -0.39 is 13.2 Å². The third-order valence-electron chi connectivity index (χ3n) is 3.61. The summed E-state index contributed by atoms with van der Waals surface area (Å²) in [6.45, 7) is 11.2. The van der Waals surface area contributed by atoms with Crippen LogP contribution in [0.4, 0.5) is 5.69 Å². The molecule has 0 aliphatic heterocycles. The van der Waals surface area contributed by atoms with Crippen LogP contribution in [-0.4, -0.2) is 13.2 Å². The number of hydrogen-bond donors (Lipinski definition) is 0. The topological polar surface area (TPSA) is 52.4 Å². The Balaban J connectivity index is 2.85. The number of hydrogen-bond acceptors (Lipinski definition) is 3. The van der Waals surface area contributed by atoms with Crippen molar-refractivity contribution in [3.8, 4) is 0 Å². The molecule has 0 bridgehead atoms. The molecule has 0 spiro atoms. The minimum absolute atomic E-state index is 0.0713. The molecule has 0 radical (unpaired) electrons. The summed E-state index contributed by atoms with van der Waals surface area (Å²) in [5.41, 5.74) is 0.707. The van der Waals surface area contributed by atoms with Crippen LogP contribution in [0.5, 0.6) is 0 Å². The van der Waals surface area contributed by atoms with Crippen LogP contribution in [0.2, 0.25) is 23.2 Å². The molecule has 1 rings (SSSR count). The summed E-state index contributed by atoms with van der Waals surface area (Å²) < 4.78 is 6.03. The molecule has 0 amide bonds. The van der Waals surface area contributed by atoms with Crippen molar-refractivity contribution in [3.05, 3.63) is 38.9 Å². The molecule has 0 saturated heterocycles. The van der Waals surface area contributed by atoms with Crippen LogP contribution in [0, 0.1) is 10.1 Å². The molecule has 0 N–H and O–H groups in total. The lowest BCUT2D eigenvalue weighted by Crippen LogP contribution is -2.40. The monoisotopic (exact) mass is 301 g/mol. The van der Waals surface area contributed by atoms with Crippen molar-refractivity contribution >= 4 is 25.6 Å². The number of nitro benzene ring substituents is 1. The standard InChI is InChI=1S/C13H20ClNO3Si/c1-13(2,3)19(4,5)18-9-10-6-7-11(14)12(8-10)15(16)17/h6-8H,9H2,1-5H3. The molecule has 0 aliphatic carbocycles. The Hall–Kier alpha value is -0.913. The number of nitro groups is 1. The molecule has 0 fully saturated rings. The van der Waals surface area contributed by atoms with E-state index in [1.807, 2.05) is 0 Å². The van der Waals surface area contributed by atoms with Gasteiger partial charge in [0.25, 0.3) is 5.69 Å². The van der Waals surface area contributed by atoms with E-state index in [9.17, 15) is 10.1 Å². The molecule has 0 aromatic heterocycles. The van der Waals surface area contributed by atoms with Crippen molar-refractivity contribution < 1.29 is 9.35 Å². The number of benzene rings is 1. The SMILES string of the molecule is CC(C)(C)[Si](C)(C)OCc1ccc(Cl)c([N+](=O)[O-])c1. The average molecular weight is 302 g/mol. The summed E-state index contributed by atoms with van der Waals surface area (Å²) in [4.78, 5) is 10.3. The zero-order valence-electron chi connectivity index (χ0n) is 12.0. The first kappa shape index (κ1) is 16.1. The van der Waals surface area contributed by atoms with Crippen LogP contribution in [-0.2, 0) is 11.0 Å². The molecular formula is C13H20ClNO3Si. The van der Waals surface area contributed by atoms with Gasteiger partial charge in [-0.2, -0.15) is 0 Å². The lowest BCUT2D eigenvalue weighted by atomic mass is 10.2. The zero-order chi connectivity index (χ0) is 14.8. The minimum atomic E-state index is -1.85. The van der Waals surface area contributed by atoms with Gasteiger partial charge in [0, 0.05) is 6.07 Å². The Kier molecular flexibility index (Phi) is 4.76.